The van der Waals surface area contributed by atoms with Crippen LogP contribution in [0.1, 0.15) is 29.8 Å². The van der Waals surface area contributed by atoms with E-state index in [2.05, 4.69) is 63.7 Å². The first kappa shape index (κ1) is 21.5. The Hall–Kier alpha value is -3.78. The molecule has 5 aromatic rings. The maximum atomic E-state index is 13.4. The van der Waals surface area contributed by atoms with Crippen LogP contribution >= 0.6 is 11.6 Å². The van der Waals surface area contributed by atoms with E-state index in [9.17, 15) is 4.79 Å². The fraction of sp³-hybridized carbons (Fsp3) is 0.179. The summed E-state index contributed by atoms with van der Waals surface area (Å²) < 4.78 is 0. The molecule has 1 amide bonds. The summed E-state index contributed by atoms with van der Waals surface area (Å²) in [6.07, 6.45) is 5.43. The molecule has 7 rings (SSSR count). The van der Waals surface area contributed by atoms with Crippen LogP contribution in [0.2, 0.25) is 0 Å². The zero-order chi connectivity index (χ0) is 24.1. The van der Waals surface area contributed by atoms with Crippen LogP contribution in [-0.4, -0.2) is 37.4 Å². The van der Waals surface area contributed by atoms with Gasteiger partial charge in [0, 0.05) is 34.8 Å². The minimum atomic E-state index is -0.0784. The lowest BCUT2D eigenvalue weighted by Crippen LogP contribution is -2.48. The van der Waals surface area contributed by atoms with Crippen molar-refractivity contribution in [2.45, 2.75) is 30.9 Å². The van der Waals surface area contributed by atoms with E-state index in [0.717, 1.165) is 39.0 Å². The van der Waals surface area contributed by atoms with Crippen molar-refractivity contribution in [3.8, 4) is 11.4 Å². The van der Waals surface area contributed by atoms with Crippen molar-refractivity contribution >= 4 is 45.7 Å². The number of H-pyrrole nitrogens is 2. The molecule has 36 heavy (non-hydrogen) atoms. The number of hydrogen-bond donors (Lipinski definition) is 2. The molecule has 8 heteroatoms. The molecule has 0 saturated heterocycles. The highest BCUT2D eigenvalue weighted by Crippen LogP contribution is 2.41. The standard InChI is InChI=1S/C28H24BN5OS/c35-27-17-23-22-13-14-30-24(22)11-12-25(23)34(27)29(36-21-9-10-21)20-8-4-7-19(16-20)28-31-26(32-33-28)15-18-5-2-1-3-6-18/h1-8,11-14,16,21,30H,9-10,15,17H2,(H,31,32,33). The van der Waals surface area contributed by atoms with Crippen LogP contribution in [0.4, 0.5) is 5.69 Å². The SMILES string of the molecule is O=C1Cc2c(ccc3[nH]ccc23)N1B(SC1CC1)c1cccc(-c2n[nH]c(Cc3ccccc3)n2)c1. The highest BCUT2D eigenvalue weighted by molar-refractivity contribution is 8.27. The number of aromatic nitrogens is 4. The molecule has 2 N–H and O–H groups in total. The number of nitrogens with one attached hydrogen (secondary N) is 2. The van der Waals surface area contributed by atoms with Gasteiger partial charge < -0.3 is 9.79 Å². The molecule has 0 radical (unpaired) electrons. The molecule has 2 aliphatic rings. The van der Waals surface area contributed by atoms with Gasteiger partial charge in [0.15, 0.2) is 5.82 Å². The van der Waals surface area contributed by atoms with E-state index in [4.69, 9.17) is 4.98 Å². The van der Waals surface area contributed by atoms with Gasteiger partial charge in [-0.25, -0.2) is 4.98 Å². The monoisotopic (exact) mass is 489 g/mol. The first-order valence-corrected chi connectivity index (χ1v) is 13.3. The number of nitrogens with zero attached hydrogens (tertiary/aromatic N) is 3. The molecule has 3 aromatic carbocycles. The third kappa shape index (κ3) is 3.91. The lowest BCUT2D eigenvalue weighted by atomic mass is 9.77. The van der Waals surface area contributed by atoms with Gasteiger partial charge in [0.1, 0.15) is 5.82 Å². The largest absolute Gasteiger partial charge is 0.365 e. The highest BCUT2D eigenvalue weighted by atomic mass is 32.2. The predicted molar refractivity (Wildman–Crippen MR) is 147 cm³/mol. The maximum Gasteiger partial charge on any atom is 0.365 e. The summed E-state index contributed by atoms with van der Waals surface area (Å²) in [5.74, 6) is 1.68. The maximum absolute atomic E-state index is 13.4. The molecular formula is C28H24BN5OS. The number of carbonyl (C=O) groups excluding carboxylic acids is 1. The molecule has 3 heterocycles. The van der Waals surface area contributed by atoms with E-state index in [1.807, 2.05) is 46.9 Å². The molecule has 0 unspecified atom stereocenters. The van der Waals surface area contributed by atoms with Crippen LogP contribution in [0, 0.1) is 0 Å². The Kier molecular flexibility index (Phi) is 5.20. The third-order valence-electron chi connectivity index (χ3n) is 6.93. The van der Waals surface area contributed by atoms with Gasteiger partial charge in [-0.15, -0.1) is 0 Å². The Morgan fingerprint density at radius 2 is 1.92 bits per heavy atom. The van der Waals surface area contributed by atoms with E-state index >= 15 is 0 Å². The summed E-state index contributed by atoms with van der Waals surface area (Å²) in [6, 6.07) is 24.9. The third-order valence-corrected chi connectivity index (χ3v) is 8.53. The van der Waals surface area contributed by atoms with Crippen molar-refractivity contribution in [2.24, 2.45) is 0 Å². The normalized spacial score (nSPS) is 15.0. The highest BCUT2D eigenvalue weighted by Gasteiger charge is 2.41. The predicted octanol–water partition coefficient (Wildman–Crippen LogP) is 4.72. The minimum absolute atomic E-state index is 0.0784. The van der Waals surface area contributed by atoms with Gasteiger partial charge in [0.2, 0.25) is 5.91 Å². The summed E-state index contributed by atoms with van der Waals surface area (Å²) in [5, 5.41) is 9.33. The average molecular weight is 489 g/mol. The number of rotatable bonds is 7. The minimum Gasteiger partial charge on any atom is -0.361 e. The van der Waals surface area contributed by atoms with Gasteiger partial charge in [-0.3, -0.25) is 9.89 Å². The molecule has 1 aliphatic heterocycles. The van der Waals surface area contributed by atoms with Gasteiger partial charge in [-0.1, -0.05) is 54.6 Å². The van der Waals surface area contributed by atoms with Crippen LogP contribution in [-0.2, 0) is 17.6 Å². The lowest BCUT2D eigenvalue weighted by Gasteiger charge is -2.26. The van der Waals surface area contributed by atoms with E-state index < -0.39 is 0 Å². The molecule has 2 aromatic heterocycles. The van der Waals surface area contributed by atoms with Crippen LogP contribution in [0.15, 0.2) is 79.0 Å². The van der Waals surface area contributed by atoms with Gasteiger partial charge in [-0.2, -0.15) is 16.7 Å². The van der Waals surface area contributed by atoms with Crippen LogP contribution < -0.4 is 10.3 Å². The number of benzene rings is 3. The molecule has 0 atom stereocenters. The topological polar surface area (TPSA) is 77.7 Å². The fourth-order valence-corrected chi connectivity index (χ4v) is 6.45. The zero-order valence-electron chi connectivity index (χ0n) is 19.6. The molecule has 176 valence electrons. The summed E-state index contributed by atoms with van der Waals surface area (Å²) in [4.78, 5) is 23.5. The first-order valence-electron chi connectivity index (χ1n) is 12.3. The van der Waals surface area contributed by atoms with Crippen molar-refractivity contribution in [3.05, 3.63) is 95.9 Å². The van der Waals surface area contributed by atoms with Gasteiger partial charge in [0.25, 0.3) is 0 Å². The van der Waals surface area contributed by atoms with Crippen LogP contribution in [0.25, 0.3) is 22.3 Å². The van der Waals surface area contributed by atoms with Crippen molar-refractivity contribution in [1.82, 2.24) is 20.2 Å². The summed E-state index contributed by atoms with van der Waals surface area (Å²) in [5.41, 5.74) is 6.48. The van der Waals surface area contributed by atoms with E-state index in [1.165, 1.54) is 18.4 Å². The average Bonchev–Trinajstić information content (AvgIpc) is 3.26. The van der Waals surface area contributed by atoms with Crippen molar-refractivity contribution in [3.63, 3.8) is 0 Å². The summed E-state index contributed by atoms with van der Waals surface area (Å²) >= 11 is 1.90. The number of fused-ring (bicyclic) bond motifs is 3. The second kappa shape index (κ2) is 8.71. The summed E-state index contributed by atoms with van der Waals surface area (Å²) in [7, 11) is 0. The molecule has 1 saturated carbocycles. The smallest absolute Gasteiger partial charge is 0.361 e. The molecule has 6 nitrogen and oxygen atoms in total. The lowest BCUT2D eigenvalue weighted by molar-refractivity contribution is -0.116. The van der Waals surface area contributed by atoms with Crippen LogP contribution in [0.5, 0.6) is 0 Å². The van der Waals surface area contributed by atoms with Gasteiger partial charge in [-0.05, 0) is 52.9 Å². The second-order valence-corrected chi connectivity index (χ2v) is 10.9. The number of anilines is 1. The number of aromatic amines is 2. The number of carbonyl (C=O) groups is 1. The Labute approximate surface area is 213 Å². The van der Waals surface area contributed by atoms with E-state index in [0.29, 0.717) is 23.9 Å². The fourth-order valence-electron chi connectivity index (χ4n) is 5.02. The van der Waals surface area contributed by atoms with E-state index in [-0.39, 0.29) is 12.0 Å². The second-order valence-electron chi connectivity index (χ2n) is 9.52. The molecule has 0 spiro atoms. The molecule has 1 fully saturated rings. The molecule has 0 bridgehead atoms. The Bertz CT molecular complexity index is 1580. The molecular weight excluding hydrogens is 465 g/mol. The molecule has 1 aliphatic carbocycles. The van der Waals surface area contributed by atoms with Gasteiger partial charge >= 0.3 is 6.13 Å². The van der Waals surface area contributed by atoms with Gasteiger partial charge in [0.05, 0.1) is 6.42 Å². The zero-order valence-corrected chi connectivity index (χ0v) is 20.5. The van der Waals surface area contributed by atoms with Crippen molar-refractivity contribution in [1.29, 1.82) is 0 Å². The summed E-state index contributed by atoms with van der Waals surface area (Å²) in [6.45, 7) is 0. The number of hydrogen-bond acceptors (Lipinski definition) is 4. The first-order chi connectivity index (χ1) is 17.7. The van der Waals surface area contributed by atoms with E-state index in [1.54, 1.807) is 0 Å². The van der Waals surface area contributed by atoms with Crippen molar-refractivity contribution < 1.29 is 4.79 Å². The van der Waals surface area contributed by atoms with Crippen LogP contribution in [0.3, 0.4) is 0 Å². The number of amides is 1. The Balaban J connectivity index is 1.23. The van der Waals surface area contributed by atoms with Crippen molar-refractivity contribution in [2.75, 3.05) is 4.81 Å². The Morgan fingerprint density at radius 3 is 2.78 bits per heavy atom. The quantitative estimate of drug-likeness (QED) is 0.324. The Morgan fingerprint density at radius 1 is 1.03 bits per heavy atom.